The summed E-state index contributed by atoms with van der Waals surface area (Å²) in [4.78, 5) is 0. The lowest BCUT2D eigenvalue weighted by atomic mass is 10.1. The van der Waals surface area contributed by atoms with Crippen molar-refractivity contribution in [3.05, 3.63) is 85.5 Å². The molecule has 1 aliphatic heterocycles. The van der Waals surface area contributed by atoms with Gasteiger partial charge in [0.15, 0.2) is 6.29 Å². The van der Waals surface area contributed by atoms with E-state index in [2.05, 4.69) is 75.9 Å². The standard InChI is InChI=1S/C25H32O4Si/c1-5-18-27-24-17-16-22(26)23(29-24)19-28-30(25(2,3)4,20-12-8-6-9-13-20)21-14-10-7-11-15-21/h5-17,22-24,26H,1,18-19H2,2-4H3/t22-,23+,24-/m0/s1. The van der Waals surface area contributed by atoms with E-state index in [4.69, 9.17) is 13.9 Å². The fraction of sp³-hybridized carbons (Fsp3) is 0.360. The molecule has 160 valence electrons. The number of rotatable bonds is 8. The molecule has 2 aromatic rings. The molecule has 0 fully saturated rings. The third-order valence-electron chi connectivity index (χ3n) is 5.41. The normalized spacial score (nSPS) is 22.1. The maximum atomic E-state index is 10.5. The Hall–Kier alpha value is -2.02. The van der Waals surface area contributed by atoms with E-state index < -0.39 is 26.8 Å². The van der Waals surface area contributed by atoms with Crippen molar-refractivity contribution < 1.29 is 19.0 Å². The minimum atomic E-state index is -2.68. The molecule has 0 radical (unpaired) electrons. The molecule has 0 unspecified atom stereocenters. The van der Waals surface area contributed by atoms with Crippen molar-refractivity contribution in [3.8, 4) is 0 Å². The second-order valence-corrected chi connectivity index (χ2v) is 12.8. The minimum absolute atomic E-state index is 0.135. The summed E-state index contributed by atoms with van der Waals surface area (Å²) < 4.78 is 18.4. The van der Waals surface area contributed by atoms with Crippen molar-refractivity contribution in [2.75, 3.05) is 13.2 Å². The van der Waals surface area contributed by atoms with E-state index in [0.29, 0.717) is 6.61 Å². The van der Waals surface area contributed by atoms with Crippen LogP contribution in [-0.4, -0.2) is 45.1 Å². The zero-order chi connectivity index (χ0) is 21.6. The Morgan fingerprint density at radius 3 is 2.07 bits per heavy atom. The molecule has 0 aliphatic carbocycles. The fourth-order valence-corrected chi connectivity index (χ4v) is 8.56. The largest absolute Gasteiger partial charge is 0.405 e. The molecule has 0 spiro atoms. The van der Waals surface area contributed by atoms with E-state index in [1.54, 1.807) is 18.2 Å². The number of ether oxygens (including phenoxy) is 2. The molecule has 5 heteroatoms. The monoisotopic (exact) mass is 424 g/mol. The number of aliphatic hydroxyl groups excluding tert-OH is 1. The van der Waals surface area contributed by atoms with Crippen molar-refractivity contribution >= 4 is 18.7 Å². The number of hydrogen-bond donors (Lipinski definition) is 1. The van der Waals surface area contributed by atoms with Gasteiger partial charge in [0.1, 0.15) is 12.2 Å². The van der Waals surface area contributed by atoms with Gasteiger partial charge in [-0.05, 0) is 21.5 Å². The van der Waals surface area contributed by atoms with Gasteiger partial charge in [-0.1, -0.05) is 93.6 Å². The van der Waals surface area contributed by atoms with Gasteiger partial charge in [-0.15, -0.1) is 6.58 Å². The van der Waals surface area contributed by atoms with Gasteiger partial charge < -0.3 is 19.0 Å². The van der Waals surface area contributed by atoms with Crippen molar-refractivity contribution in [1.82, 2.24) is 0 Å². The highest BCUT2D eigenvalue weighted by Crippen LogP contribution is 2.37. The van der Waals surface area contributed by atoms with Crippen LogP contribution in [0.25, 0.3) is 0 Å². The van der Waals surface area contributed by atoms with Crippen LogP contribution in [0.2, 0.25) is 5.04 Å². The van der Waals surface area contributed by atoms with Crippen molar-refractivity contribution in [3.63, 3.8) is 0 Å². The van der Waals surface area contributed by atoms with Gasteiger partial charge in [-0.3, -0.25) is 0 Å². The van der Waals surface area contributed by atoms with E-state index in [0.717, 1.165) is 0 Å². The van der Waals surface area contributed by atoms with Gasteiger partial charge in [-0.2, -0.15) is 0 Å². The van der Waals surface area contributed by atoms with E-state index in [-0.39, 0.29) is 11.6 Å². The molecular weight excluding hydrogens is 392 g/mol. The molecule has 0 saturated heterocycles. The number of hydrogen-bond acceptors (Lipinski definition) is 4. The molecule has 3 atom stereocenters. The molecule has 30 heavy (non-hydrogen) atoms. The lowest BCUT2D eigenvalue weighted by molar-refractivity contribution is -0.173. The van der Waals surface area contributed by atoms with Gasteiger partial charge in [0.25, 0.3) is 8.32 Å². The number of aliphatic hydroxyl groups is 1. The molecular formula is C25H32O4Si. The smallest absolute Gasteiger partial charge is 0.261 e. The van der Waals surface area contributed by atoms with Gasteiger partial charge in [0, 0.05) is 0 Å². The topological polar surface area (TPSA) is 47.9 Å². The Morgan fingerprint density at radius 2 is 1.57 bits per heavy atom. The quantitative estimate of drug-likeness (QED) is 0.521. The van der Waals surface area contributed by atoms with E-state index in [9.17, 15) is 5.11 Å². The first-order valence-corrected chi connectivity index (χ1v) is 12.3. The van der Waals surface area contributed by atoms with Crippen LogP contribution in [0.5, 0.6) is 0 Å². The minimum Gasteiger partial charge on any atom is -0.405 e. The second-order valence-electron chi connectivity index (χ2n) is 8.51. The second kappa shape index (κ2) is 9.86. The summed E-state index contributed by atoms with van der Waals surface area (Å²) in [5.41, 5.74) is 0. The highest BCUT2D eigenvalue weighted by Gasteiger charge is 2.50. The van der Waals surface area contributed by atoms with Crippen molar-refractivity contribution in [2.24, 2.45) is 0 Å². The summed E-state index contributed by atoms with van der Waals surface area (Å²) in [5.74, 6) is 0. The van der Waals surface area contributed by atoms with Crippen LogP contribution in [0.15, 0.2) is 85.5 Å². The maximum Gasteiger partial charge on any atom is 0.261 e. The predicted octanol–water partition coefficient (Wildman–Crippen LogP) is 3.41. The van der Waals surface area contributed by atoms with Crippen LogP contribution in [0, 0.1) is 0 Å². The summed E-state index contributed by atoms with van der Waals surface area (Å²) in [6.45, 7) is 11.0. The Bertz CT molecular complexity index is 790. The molecule has 1 aliphatic rings. The molecule has 0 bridgehead atoms. The van der Waals surface area contributed by atoms with Gasteiger partial charge in [0.2, 0.25) is 0 Å². The van der Waals surface area contributed by atoms with Gasteiger partial charge in [0.05, 0.1) is 13.2 Å². The van der Waals surface area contributed by atoms with E-state index in [1.807, 2.05) is 12.1 Å². The highest BCUT2D eigenvalue weighted by molar-refractivity contribution is 6.99. The van der Waals surface area contributed by atoms with Gasteiger partial charge in [-0.25, -0.2) is 0 Å². The lowest BCUT2D eigenvalue weighted by Crippen LogP contribution is -2.67. The fourth-order valence-electron chi connectivity index (χ4n) is 3.99. The molecule has 1 heterocycles. The molecule has 4 nitrogen and oxygen atoms in total. The third-order valence-corrected chi connectivity index (χ3v) is 10.4. The van der Waals surface area contributed by atoms with Crippen LogP contribution < -0.4 is 10.4 Å². The highest BCUT2D eigenvalue weighted by atomic mass is 28.4. The van der Waals surface area contributed by atoms with Crippen molar-refractivity contribution in [1.29, 1.82) is 0 Å². The summed E-state index contributed by atoms with van der Waals surface area (Å²) in [6, 6.07) is 20.9. The molecule has 3 rings (SSSR count). The molecule has 0 amide bonds. The Morgan fingerprint density at radius 1 is 1.00 bits per heavy atom. The average molecular weight is 425 g/mol. The molecule has 2 aromatic carbocycles. The summed E-state index contributed by atoms with van der Waals surface area (Å²) in [7, 11) is -2.68. The van der Waals surface area contributed by atoms with Crippen LogP contribution in [0.4, 0.5) is 0 Å². The zero-order valence-corrected chi connectivity index (χ0v) is 19.0. The average Bonchev–Trinajstić information content (AvgIpc) is 2.75. The van der Waals surface area contributed by atoms with Gasteiger partial charge >= 0.3 is 0 Å². The first-order valence-electron chi connectivity index (χ1n) is 10.4. The Kier molecular flexibility index (Phi) is 7.44. The lowest BCUT2D eigenvalue weighted by Gasteiger charge is -2.44. The first-order chi connectivity index (χ1) is 14.4. The molecule has 0 saturated carbocycles. The predicted molar refractivity (Wildman–Crippen MR) is 124 cm³/mol. The maximum absolute atomic E-state index is 10.5. The van der Waals surface area contributed by atoms with E-state index in [1.165, 1.54) is 10.4 Å². The third kappa shape index (κ3) is 4.82. The number of benzene rings is 2. The first kappa shape index (κ1) is 22.7. The van der Waals surface area contributed by atoms with E-state index >= 15 is 0 Å². The summed E-state index contributed by atoms with van der Waals surface area (Å²) in [6.07, 6.45) is 3.36. The SMILES string of the molecule is C=CCO[C@@H]1C=C[C@H](O)[C@@H](CO[Si](c2ccccc2)(c2ccccc2)C(C)(C)C)O1. The van der Waals surface area contributed by atoms with Crippen LogP contribution in [0.1, 0.15) is 20.8 Å². The van der Waals surface area contributed by atoms with Crippen LogP contribution in [-0.2, 0) is 13.9 Å². The Balaban J connectivity index is 1.94. The zero-order valence-electron chi connectivity index (χ0n) is 18.0. The van der Waals surface area contributed by atoms with Crippen molar-refractivity contribution in [2.45, 2.75) is 44.3 Å². The van der Waals surface area contributed by atoms with Crippen LogP contribution in [0.3, 0.4) is 0 Å². The Labute approximate surface area is 180 Å². The summed E-state index contributed by atoms with van der Waals surface area (Å²) >= 11 is 0. The van der Waals surface area contributed by atoms with Crippen LogP contribution >= 0.6 is 0 Å². The molecule has 1 N–H and O–H groups in total. The summed E-state index contributed by atoms with van der Waals surface area (Å²) in [5, 5.41) is 12.8. The molecule has 0 aromatic heterocycles.